The minimum atomic E-state index is -0.714. The summed E-state index contributed by atoms with van der Waals surface area (Å²) in [4.78, 5) is 12.5. The molecule has 2 aromatic carbocycles. The predicted octanol–water partition coefficient (Wildman–Crippen LogP) is 4.03. The Hall–Kier alpha value is -3.68. The summed E-state index contributed by atoms with van der Waals surface area (Å²) in [7, 11) is 1.66. The number of nitrogen functional groups attached to an aromatic ring is 1. The number of fused-ring (bicyclic) bond motifs is 1. The van der Waals surface area contributed by atoms with Crippen molar-refractivity contribution in [2.45, 2.75) is 13.5 Å². The number of halogens is 2. The standard InChI is InChI=1S/C21H19F2N5O/c1-3-28-11-16-20(26-28)15(10-27(2)21(16)29)14-9-13(24)5-7-18(14)25-19-6-4-12(22)8-17(19)23/h4-11,25H,3,24H2,1-2H3. The molecular weight excluding hydrogens is 376 g/mol. The molecule has 0 aliphatic carbocycles. The van der Waals surface area contributed by atoms with Gasteiger partial charge in [0.15, 0.2) is 0 Å². The van der Waals surface area contributed by atoms with Gasteiger partial charge in [-0.25, -0.2) is 8.78 Å². The molecule has 0 atom stereocenters. The van der Waals surface area contributed by atoms with E-state index in [1.165, 1.54) is 16.7 Å². The van der Waals surface area contributed by atoms with Gasteiger partial charge in [0.25, 0.3) is 5.56 Å². The molecule has 0 amide bonds. The molecule has 0 saturated heterocycles. The van der Waals surface area contributed by atoms with Crippen molar-refractivity contribution in [3.05, 3.63) is 70.8 Å². The van der Waals surface area contributed by atoms with Crippen LogP contribution in [0.5, 0.6) is 0 Å². The summed E-state index contributed by atoms with van der Waals surface area (Å²) < 4.78 is 30.6. The van der Waals surface area contributed by atoms with Gasteiger partial charge in [-0.1, -0.05) is 0 Å². The molecule has 4 aromatic rings. The third-order valence-corrected chi connectivity index (χ3v) is 4.75. The van der Waals surface area contributed by atoms with E-state index in [-0.39, 0.29) is 11.2 Å². The molecule has 0 radical (unpaired) electrons. The molecule has 0 spiro atoms. The molecule has 8 heteroatoms. The lowest BCUT2D eigenvalue weighted by molar-refractivity contribution is 0.586. The van der Waals surface area contributed by atoms with Crippen LogP contribution in [0.25, 0.3) is 22.0 Å². The first-order valence-corrected chi connectivity index (χ1v) is 9.06. The molecule has 0 aliphatic rings. The topological polar surface area (TPSA) is 77.9 Å². The van der Waals surface area contributed by atoms with Crippen LogP contribution in [-0.4, -0.2) is 14.3 Å². The van der Waals surface area contributed by atoms with Crippen LogP contribution in [0.1, 0.15) is 6.92 Å². The Morgan fingerprint density at radius 2 is 1.83 bits per heavy atom. The Morgan fingerprint density at radius 3 is 2.55 bits per heavy atom. The van der Waals surface area contributed by atoms with Gasteiger partial charge in [0.2, 0.25) is 0 Å². The summed E-state index contributed by atoms with van der Waals surface area (Å²) in [5.74, 6) is -1.37. The SMILES string of the molecule is CCn1cc2c(=O)n(C)cc(-c3cc(N)ccc3Nc3ccc(F)cc3F)c2n1. The lowest BCUT2D eigenvalue weighted by atomic mass is 10.0. The van der Waals surface area contributed by atoms with E-state index >= 15 is 0 Å². The van der Waals surface area contributed by atoms with Crippen molar-refractivity contribution in [3.8, 4) is 11.1 Å². The highest BCUT2D eigenvalue weighted by atomic mass is 19.1. The van der Waals surface area contributed by atoms with Gasteiger partial charge < -0.3 is 15.6 Å². The highest BCUT2D eigenvalue weighted by Gasteiger charge is 2.17. The Kier molecular flexibility index (Phi) is 4.54. The predicted molar refractivity (Wildman–Crippen MR) is 110 cm³/mol. The highest BCUT2D eigenvalue weighted by Crippen LogP contribution is 2.35. The second kappa shape index (κ2) is 7.05. The molecule has 2 aromatic heterocycles. The molecule has 0 unspecified atom stereocenters. The van der Waals surface area contributed by atoms with Crippen LogP contribution in [-0.2, 0) is 13.6 Å². The summed E-state index contributed by atoms with van der Waals surface area (Å²) in [6.45, 7) is 2.54. The van der Waals surface area contributed by atoms with E-state index in [1.807, 2.05) is 6.92 Å². The summed E-state index contributed by atoms with van der Waals surface area (Å²) in [5, 5.41) is 8.00. The van der Waals surface area contributed by atoms with Crippen molar-refractivity contribution in [2.75, 3.05) is 11.1 Å². The second-order valence-electron chi connectivity index (χ2n) is 6.76. The van der Waals surface area contributed by atoms with E-state index in [0.717, 1.165) is 6.07 Å². The van der Waals surface area contributed by atoms with Crippen molar-refractivity contribution >= 4 is 28.0 Å². The number of aromatic nitrogens is 3. The molecule has 0 aliphatic heterocycles. The smallest absolute Gasteiger partial charge is 0.261 e. The van der Waals surface area contributed by atoms with Crippen LogP contribution in [0.15, 0.2) is 53.6 Å². The number of hydrogen-bond donors (Lipinski definition) is 2. The van der Waals surface area contributed by atoms with E-state index < -0.39 is 11.6 Å². The third kappa shape index (κ3) is 3.33. The molecule has 0 bridgehead atoms. The summed E-state index contributed by atoms with van der Waals surface area (Å²) >= 11 is 0. The number of nitrogens with zero attached hydrogens (tertiary/aromatic N) is 3. The van der Waals surface area contributed by atoms with Gasteiger partial charge in [0.1, 0.15) is 17.2 Å². The van der Waals surface area contributed by atoms with Crippen molar-refractivity contribution in [1.29, 1.82) is 0 Å². The number of pyridine rings is 1. The average molecular weight is 395 g/mol. The average Bonchev–Trinajstić information content (AvgIpc) is 3.13. The molecule has 29 heavy (non-hydrogen) atoms. The molecule has 6 nitrogen and oxygen atoms in total. The van der Waals surface area contributed by atoms with E-state index in [1.54, 1.807) is 42.3 Å². The van der Waals surface area contributed by atoms with Crippen molar-refractivity contribution < 1.29 is 8.78 Å². The number of aryl methyl sites for hydroxylation is 2. The van der Waals surface area contributed by atoms with Crippen molar-refractivity contribution in [1.82, 2.24) is 14.3 Å². The zero-order chi connectivity index (χ0) is 20.7. The third-order valence-electron chi connectivity index (χ3n) is 4.75. The number of nitrogens with one attached hydrogen (secondary N) is 1. The monoisotopic (exact) mass is 395 g/mol. The van der Waals surface area contributed by atoms with Crippen LogP contribution in [0.2, 0.25) is 0 Å². The molecule has 0 saturated carbocycles. The zero-order valence-corrected chi connectivity index (χ0v) is 15.9. The van der Waals surface area contributed by atoms with Crippen LogP contribution < -0.4 is 16.6 Å². The highest BCUT2D eigenvalue weighted by molar-refractivity contribution is 5.97. The molecule has 3 N–H and O–H groups in total. The van der Waals surface area contributed by atoms with Gasteiger partial charge in [0.05, 0.1) is 11.1 Å². The quantitative estimate of drug-likeness (QED) is 0.512. The van der Waals surface area contributed by atoms with Gasteiger partial charge >= 0.3 is 0 Å². The summed E-state index contributed by atoms with van der Waals surface area (Å²) in [5.41, 5.74) is 8.87. The summed E-state index contributed by atoms with van der Waals surface area (Å²) in [6.07, 6.45) is 3.39. The lowest BCUT2D eigenvalue weighted by Crippen LogP contribution is -2.16. The molecular formula is C21H19F2N5O. The largest absolute Gasteiger partial charge is 0.399 e. The van der Waals surface area contributed by atoms with Gasteiger partial charge in [-0.05, 0) is 37.3 Å². The van der Waals surface area contributed by atoms with Gasteiger partial charge in [-0.2, -0.15) is 5.10 Å². The Labute approximate surface area is 165 Å². The van der Waals surface area contributed by atoms with E-state index in [9.17, 15) is 13.6 Å². The molecule has 0 fully saturated rings. The minimum Gasteiger partial charge on any atom is -0.399 e. The molecule has 4 rings (SSSR count). The Bertz CT molecular complexity index is 1290. The lowest BCUT2D eigenvalue weighted by Gasteiger charge is -2.15. The number of anilines is 3. The van der Waals surface area contributed by atoms with Crippen LogP contribution >= 0.6 is 0 Å². The van der Waals surface area contributed by atoms with Crippen LogP contribution in [0.4, 0.5) is 25.8 Å². The van der Waals surface area contributed by atoms with Crippen molar-refractivity contribution in [3.63, 3.8) is 0 Å². The Morgan fingerprint density at radius 1 is 1.07 bits per heavy atom. The van der Waals surface area contributed by atoms with Crippen LogP contribution in [0, 0.1) is 11.6 Å². The minimum absolute atomic E-state index is 0.123. The van der Waals surface area contributed by atoms with E-state index in [2.05, 4.69) is 10.4 Å². The maximum Gasteiger partial charge on any atom is 0.261 e. The van der Waals surface area contributed by atoms with Gasteiger partial charge in [0, 0.05) is 54.6 Å². The zero-order valence-electron chi connectivity index (χ0n) is 15.9. The Balaban J connectivity index is 1.94. The first kappa shape index (κ1) is 18.7. The fourth-order valence-corrected chi connectivity index (χ4v) is 3.27. The molecule has 2 heterocycles. The van der Waals surface area contributed by atoms with Crippen LogP contribution in [0.3, 0.4) is 0 Å². The first-order chi connectivity index (χ1) is 13.9. The summed E-state index contributed by atoms with van der Waals surface area (Å²) in [6, 6.07) is 8.43. The van der Waals surface area contributed by atoms with Crippen molar-refractivity contribution in [2.24, 2.45) is 7.05 Å². The second-order valence-corrected chi connectivity index (χ2v) is 6.76. The van der Waals surface area contributed by atoms with E-state index in [4.69, 9.17) is 5.73 Å². The fourth-order valence-electron chi connectivity index (χ4n) is 3.27. The first-order valence-electron chi connectivity index (χ1n) is 9.06. The number of nitrogens with two attached hydrogens (primary N) is 1. The van der Waals surface area contributed by atoms with E-state index in [0.29, 0.717) is 39.9 Å². The number of rotatable bonds is 4. The number of hydrogen-bond acceptors (Lipinski definition) is 4. The van der Waals surface area contributed by atoms with Gasteiger partial charge in [-0.3, -0.25) is 9.48 Å². The maximum absolute atomic E-state index is 14.2. The number of benzene rings is 2. The normalized spacial score (nSPS) is 11.2. The maximum atomic E-state index is 14.2. The molecule has 148 valence electrons. The fraction of sp³-hybridized carbons (Fsp3) is 0.143. The van der Waals surface area contributed by atoms with Gasteiger partial charge in [-0.15, -0.1) is 0 Å².